The van der Waals surface area contributed by atoms with Crippen LogP contribution in [0.5, 0.6) is 5.75 Å². The second kappa shape index (κ2) is 11.2. The van der Waals surface area contributed by atoms with Gasteiger partial charge in [-0.15, -0.1) is 11.3 Å². The Morgan fingerprint density at radius 1 is 1.11 bits per heavy atom. The minimum absolute atomic E-state index is 0.0470. The summed E-state index contributed by atoms with van der Waals surface area (Å²) in [6.07, 6.45) is 1.48. The van der Waals surface area contributed by atoms with Gasteiger partial charge in [0.15, 0.2) is 12.4 Å². The van der Waals surface area contributed by atoms with Crippen molar-refractivity contribution in [3.8, 4) is 5.75 Å². The molecule has 0 atom stereocenters. The van der Waals surface area contributed by atoms with Gasteiger partial charge in [0.25, 0.3) is 5.89 Å². The highest BCUT2D eigenvalue weighted by atomic mass is 32.1. The highest BCUT2D eigenvalue weighted by molar-refractivity contribution is 7.11. The number of rotatable bonds is 9. The van der Waals surface area contributed by atoms with Gasteiger partial charge in [-0.2, -0.15) is 4.98 Å². The summed E-state index contributed by atoms with van der Waals surface area (Å²) in [5, 5.41) is 8.33. The van der Waals surface area contributed by atoms with Crippen LogP contribution >= 0.6 is 11.3 Å². The number of nitrogens with zero attached hydrogens (tertiary/aromatic N) is 2. The number of nitrogens with one attached hydrogen (secondary N) is 1. The number of aromatic nitrogens is 2. The normalized spacial score (nSPS) is 11.2. The minimum Gasteiger partial charge on any atom is -0.495 e. The van der Waals surface area contributed by atoms with Crippen molar-refractivity contribution >= 4 is 40.5 Å². The third kappa shape index (κ3) is 6.39. The summed E-state index contributed by atoms with van der Waals surface area (Å²) < 4.78 is 28.9. The van der Waals surface area contributed by atoms with E-state index in [4.69, 9.17) is 14.0 Å². The molecule has 178 valence electrons. The number of carbonyl (C=O) groups is 2. The molecule has 0 aliphatic carbocycles. The molecule has 0 radical (unpaired) electrons. The fraction of sp³-hybridized carbons (Fsp3) is 0.120. The Labute approximate surface area is 204 Å². The molecule has 0 unspecified atom stereocenters. The molecule has 0 bridgehead atoms. The van der Waals surface area contributed by atoms with Crippen molar-refractivity contribution in [2.45, 2.75) is 13.0 Å². The SMILES string of the molecule is COc1ccccc1NC(=O)Cc1noc(COC(=O)C(=Cc2ccc(F)cc2)c2cccs2)n1. The standard InChI is InChI=1S/C25H20FN3O5S/c1-32-20-6-3-2-5-19(20)27-23(30)14-22-28-24(34-29-22)15-33-25(31)18(21-7-4-12-35-21)13-16-8-10-17(26)11-9-16/h2-13H,14-15H2,1H3,(H,27,30). The molecule has 0 aliphatic heterocycles. The quantitative estimate of drug-likeness (QED) is 0.265. The van der Waals surface area contributed by atoms with E-state index in [2.05, 4.69) is 15.5 Å². The number of para-hydroxylation sites is 2. The first-order valence-electron chi connectivity index (χ1n) is 10.4. The Kier molecular flexibility index (Phi) is 7.63. The number of anilines is 1. The smallest absolute Gasteiger partial charge is 0.340 e. The van der Waals surface area contributed by atoms with E-state index in [-0.39, 0.29) is 36.5 Å². The summed E-state index contributed by atoms with van der Waals surface area (Å²) in [4.78, 5) is 30.0. The van der Waals surface area contributed by atoms with E-state index in [9.17, 15) is 14.0 Å². The summed E-state index contributed by atoms with van der Waals surface area (Å²) >= 11 is 1.37. The second-order valence-corrected chi connectivity index (χ2v) is 8.14. The number of benzene rings is 2. The Morgan fingerprint density at radius 3 is 2.66 bits per heavy atom. The summed E-state index contributed by atoms with van der Waals surface area (Å²) in [7, 11) is 1.51. The second-order valence-electron chi connectivity index (χ2n) is 7.19. The van der Waals surface area contributed by atoms with Gasteiger partial charge in [0.05, 0.1) is 24.8 Å². The summed E-state index contributed by atoms with van der Waals surface area (Å²) in [6, 6.07) is 16.4. The number of amides is 1. The zero-order valence-electron chi connectivity index (χ0n) is 18.6. The number of hydrogen-bond donors (Lipinski definition) is 1. The molecule has 8 nitrogen and oxygen atoms in total. The first kappa shape index (κ1) is 23.8. The van der Waals surface area contributed by atoms with Crippen LogP contribution < -0.4 is 10.1 Å². The predicted octanol–water partition coefficient (Wildman–Crippen LogP) is 4.74. The van der Waals surface area contributed by atoms with E-state index in [0.717, 1.165) is 0 Å². The number of ether oxygens (including phenoxy) is 2. The molecule has 0 saturated carbocycles. The van der Waals surface area contributed by atoms with Crippen molar-refractivity contribution in [1.82, 2.24) is 10.1 Å². The lowest BCUT2D eigenvalue weighted by molar-refractivity contribution is -0.138. The Hall–Kier alpha value is -4.31. The highest BCUT2D eigenvalue weighted by Crippen LogP contribution is 2.25. The molecular weight excluding hydrogens is 473 g/mol. The Balaban J connectivity index is 1.38. The summed E-state index contributed by atoms with van der Waals surface area (Å²) in [6.45, 7) is -0.272. The number of hydrogen-bond acceptors (Lipinski definition) is 8. The van der Waals surface area contributed by atoms with Crippen LogP contribution in [0, 0.1) is 5.82 Å². The van der Waals surface area contributed by atoms with E-state index in [1.165, 1.54) is 30.6 Å². The van der Waals surface area contributed by atoms with Crippen molar-refractivity contribution in [2.24, 2.45) is 0 Å². The van der Waals surface area contributed by atoms with E-state index < -0.39 is 5.97 Å². The molecule has 35 heavy (non-hydrogen) atoms. The third-order valence-corrected chi connectivity index (χ3v) is 5.63. The molecule has 4 rings (SSSR count). The third-order valence-electron chi connectivity index (χ3n) is 4.72. The fourth-order valence-corrected chi connectivity index (χ4v) is 3.83. The molecule has 2 heterocycles. The first-order chi connectivity index (χ1) is 17.0. The van der Waals surface area contributed by atoms with Crippen LogP contribution in [-0.2, 0) is 27.4 Å². The molecule has 0 saturated heterocycles. The Bertz CT molecular complexity index is 1330. The maximum atomic E-state index is 13.2. The van der Waals surface area contributed by atoms with Gasteiger partial charge >= 0.3 is 5.97 Å². The lowest BCUT2D eigenvalue weighted by Crippen LogP contribution is -2.15. The zero-order chi connectivity index (χ0) is 24.6. The largest absolute Gasteiger partial charge is 0.495 e. The Morgan fingerprint density at radius 2 is 1.91 bits per heavy atom. The van der Waals surface area contributed by atoms with Crippen LogP contribution in [0.3, 0.4) is 0 Å². The van der Waals surface area contributed by atoms with Gasteiger partial charge in [0.1, 0.15) is 11.6 Å². The number of esters is 1. The van der Waals surface area contributed by atoms with E-state index >= 15 is 0 Å². The molecule has 0 aliphatic rings. The maximum absolute atomic E-state index is 13.2. The van der Waals surface area contributed by atoms with E-state index in [1.54, 1.807) is 48.5 Å². The van der Waals surface area contributed by atoms with Gasteiger partial charge in [-0.3, -0.25) is 4.79 Å². The van der Waals surface area contributed by atoms with Crippen LogP contribution in [0.15, 0.2) is 70.6 Å². The molecule has 4 aromatic rings. The predicted molar refractivity (Wildman–Crippen MR) is 128 cm³/mol. The van der Waals surface area contributed by atoms with Crippen molar-refractivity contribution in [1.29, 1.82) is 0 Å². The van der Waals surface area contributed by atoms with Gasteiger partial charge in [0.2, 0.25) is 5.91 Å². The van der Waals surface area contributed by atoms with Crippen LogP contribution in [0.25, 0.3) is 11.6 Å². The van der Waals surface area contributed by atoms with E-state index in [0.29, 0.717) is 27.5 Å². The molecule has 10 heteroatoms. The molecule has 1 N–H and O–H groups in total. The van der Waals surface area contributed by atoms with Crippen LogP contribution in [-0.4, -0.2) is 29.1 Å². The van der Waals surface area contributed by atoms with Crippen molar-refractivity contribution in [3.05, 3.63) is 94.0 Å². The van der Waals surface area contributed by atoms with Crippen molar-refractivity contribution < 1.29 is 28.0 Å². The first-order valence-corrected chi connectivity index (χ1v) is 11.3. The molecule has 2 aromatic heterocycles. The molecule has 2 aromatic carbocycles. The molecular formula is C25H20FN3O5S. The highest BCUT2D eigenvalue weighted by Gasteiger charge is 2.18. The number of carbonyl (C=O) groups excluding carboxylic acids is 2. The number of thiophene rings is 1. The summed E-state index contributed by atoms with van der Waals surface area (Å²) in [5.41, 5.74) is 1.47. The van der Waals surface area contributed by atoms with Gasteiger partial charge in [-0.25, -0.2) is 9.18 Å². The van der Waals surface area contributed by atoms with Crippen LogP contribution in [0.1, 0.15) is 22.2 Å². The fourth-order valence-electron chi connectivity index (χ4n) is 3.10. The number of methoxy groups -OCH3 is 1. The van der Waals surface area contributed by atoms with Gasteiger partial charge in [0, 0.05) is 4.88 Å². The minimum atomic E-state index is -0.606. The van der Waals surface area contributed by atoms with Crippen LogP contribution in [0.4, 0.5) is 10.1 Å². The zero-order valence-corrected chi connectivity index (χ0v) is 19.4. The topological polar surface area (TPSA) is 104 Å². The maximum Gasteiger partial charge on any atom is 0.340 e. The van der Waals surface area contributed by atoms with Gasteiger partial charge in [-0.1, -0.05) is 35.5 Å². The summed E-state index contributed by atoms with van der Waals surface area (Å²) in [5.74, 6) is -0.621. The average molecular weight is 494 g/mol. The number of halogens is 1. The van der Waals surface area contributed by atoms with Gasteiger partial charge in [-0.05, 0) is 47.4 Å². The lowest BCUT2D eigenvalue weighted by atomic mass is 10.1. The molecule has 1 amide bonds. The van der Waals surface area contributed by atoms with Gasteiger partial charge < -0.3 is 19.3 Å². The van der Waals surface area contributed by atoms with Crippen molar-refractivity contribution in [3.63, 3.8) is 0 Å². The monoisotopic (exact) mass is 493 g/mol. The van der Waals surface area contributed by atoms with Crippen LogP contribution in [0.2, 0.25) is 0 Å². The van der Waals surface area contributed by atoms with E-state index in [1.807, 2.05) is 11.4 Å². The van der Waals surface area contributed by atoms with Crippen molar-refractivity contribution in [2.75, 3.05) is 12.4 Å². The average Bonchev–Trinajstić information content (AvgIpc) is 3.55. The lowest BCUT2D eigenvalue weighted by Gasteiger charge is -2.08. The molecule has 0 fully saturated rings. The molecule has 0 spiro atoms.